The van der Waals surface area contributed by atoms with Crippen LogP contribution in [-0.2, 0) is 6.42 Å². The summed E-state index contributed by atoms with van der Waals surface area (Å²) in [6.07, 6.45) is 2.29. The molecule has 2 N–H and O–H groups in total. The number of aryl methyl sites for hydroxylation is 1. The van der Waals surface area contributed by atoms with Gasteiger partial charge in [0, 0.05) is 18.3 Å². The molecule has 0 aliphatic carbocycles. The number of carbonyl (C=O) groups is 1. The number of hydrogen-bond donors (Lipinski definition) is 2. The van der Waals surface area contributed by atoms with Crippen molar-refractivity contribution >= 4 is 5.97 Å². The van der Waals surface area contributed by atoms with E-state index in [1.54, 1.807) is 12.3 Å². The van der Waals surface area contributed by atoms with E-state index in [2.05, 4.69) is 4.98 Å². The number of aromatic nitrogens is 1. The lowest BCUT2D eigenvalue weighted by Gasteiger charge is -2.04. The van der Waals surface area contributed by atoms with Crippen molar-refractivity contribution in [1.29, 1.82) is 0 Å². The lowest BCUT2D eigenvalue weighted by molar-refractivity contribution is 0.0696. The normalized spacial score (nSPS) is 10.3. The Kier molecular flexibility index (Phi) is 2.77. The average Bonchev–Trinajstić information content (AvgIpc) is 2.69. The van der Waals surface area contributed by atoms with E-state index >= 15 is 0 Å². The van der Waals surface area contributed by atoms with Gasteiger partial charge in [-0.3, -0.25) is 0 Å². The second kappa shape index (κ2) is 4.23. The Bertz CT molecular complexity index is 514. The van der Waals surface area contributed by atoms with Crippen LogP contribution in [0.15, 0.2) is 36.5 Å². The molecule has 2 rings (SSSR count). The van der Waals surface area contributed by atoms with Crippen LogP contribution in [0.25, 0.3) is 0 Å². The zero-order chi connectivity index (χ0) is 11.5. The van der Waals surface area contributed by atoms with E-state index in [1.807, 2.05) is 31.2 Å². The first-order valence-corrected chi connectivity index (χ1v) is 5.12. The molecule has 0 bridgehead atoms. The largest absolute Gasteiger partial charge is 0.478 e. The summed E-state index contributed by atoms with van der Waals surface area (Å²) in [7, 11) is 0. The van der Waals surface area contributed by atoms with Gasteiger partial charge in [0.05, 0.1) is 5.56 Å². The third kappa shape index (κ3) is 1.98. The van der Waals surface area contributed by atoms with Gasteiger partial charge in [0.1, 0.15) is 0 Å². The Morgan fingerprint density at radius 2 is 2.06 bits per heavy atom. The second-order valence-electron chi connectivity index (χ2n) is 3.78. The van der Waals surface area contributed by atoms with E-state index in [1.165, 1.54) is 5.56 Å². The van der Waals surface area contributed by atoms with Gasteiger partial charge in [-0.2, -0.15) is 0 Å². The summed E-state index contributed by atoms with van der Waals surface area (Å²) in [5.41, 5.74) is 3.42. The van der Waals surface area contributed by atoms with Crippen molar-refractivity contribution in [1.82, 2.24) is 4.98 Å². The molecular formula is C13H13NO2. The van der Waals surface area contributed by atoms with E-state index < -0.39 is 5.97 Å². The number of hydrogen-bond acceptors (Lipinski definition) is 1. The molecule has 3 nitrogen and oxygen atoms in total. The minimum atomic E-state index is -0.884. The summed E-state index contributed by atoms with van der Waals surface area (Å²) in [6, 6.07) is 9.58. The van der Waals surface area contributed by atoms with Gasteiger partial charge in [-0.15, -0.1) is 0 Å². The van der Waals surface area contributed by atoms with Crippen LogP contribution in [0, 0.1) is 6.92 Å². The number of carboxylic acid groups (broad SMARTS) is 1. The molecule has 16 heavy (non-hydrogen) atoms. The van der Waals surface area contributed by atoms with E-state index in [-0.39, 0.29) is 0 Å². The average molecular weight is 215 g/mol. The molecule has 0 amide bonds. The molecule has 0 fully saturated rings. The first-order valence-electron chi connectivity index (χ1n) is 5.12. The molecule has 1 heterocycles. The fourth-order valence-electron chi connectivity index (χ4n) is 1.75. The van der Waals surface area contributed by atoms with E-state index in [9.17, 15) is 4.79 Å². The molecular weight excluding hydrogens is 202 g/mol. The first-order chi connectivity index (χ1) is 7.68. The number of nitrogens with one attached hydrogen (secondary N) is 1. The van der Waals surface area contributed by atoms with Gasteiger partial charge in [0.15, 0.2) is 0 Å². The third-order valence-corrected chi connectivity index (χ3v) is 2.69. The third-order valence-electron chi connectivity index (χ3n) is 2.69. The highest BCUT2D eigenvalue weighted by Crippen LogP contribution is 2.15. The number of carboxylic acids is 1. The molecule has 0 aliphatic rings. The predicted molar refractivity (Wildman–Crippen MR) is 61.7 cm³/mol. The summed E-state index contributed by atoms with van der Waals surface area (Å²) in [5.74, 6) is -0.884. The minimum Gasteiger partial charge on any atom is -0.478 e. The van der Waals surface area contributed by atoms with Gasteiger partial charge in [0.2, 0.25) is 0 Å². The molecule has 1 aromatic heterocycles. The summed E-state index contributed by atoms with van der Waals surface area (Å²) >= 11 is 0. The van der Waals surface area contributed by atoms with E-state index in [4.69, 9.17) is 5.11 Å². The van der Waals surface area contributed by atoms with Crippen LogP contribution in [0.2, 0.25) is 0 Å². The molecule has 0 saturated carbocycles. The summed E-state index contributed by atoms with van der Waals surface area (Å²) in [4.78, 5) is 13.9. The highest BCUT2D eigenvalue weighted by atomic mass is 16.4. The van der Waals surface area contributed by atoms with Gasteiger partial charge < -0.3 is 10.1 Å². The quantitative estimate of drug-likeness (QED) is 0.826. The number of aromatic amines is 1. The molecule has 0 aliphatic heterocycles. The molecule has 82 valence electrons. The molecule has 0 radical (unpaired) electrons. The lowest BCUT2D eigenvalue weighted by atomic mass is 10.0. The lowest BCUT2D eigenvalue weighted by Crippen LogP contribution is -2.01. The van der Waals surface area contributed by atoms with Crippen LogP contribution in [-0.4, -0.2) is 16.1 Å². The summed E-state index contributed by atoms with van der Waals surface area (Å²) < 4.78 is 0. The van der Waals surface area contributed by atoms with Crippen molar-refractivity contribution in [3.63, 3.8) is 0 Å². The van der Waals surface area contributed by atoms with E-state index in [0.717, 1.165) is 11.3 Å². The van der Waals surface area contributed by atoms with Crippen LogP contribution >= 0.6 is 0 Å². The van der Waals surface area contributed by atoms with Crippen molar-refractivity contribution in [2.75, 3.05) is 0 Å². The van der Waals surface area contributed by atoms with Gasteiger partial charge in [-0.1, -0.05) is 24.3 Å². The van der Waals surface area contributed by atoms with Crippen molar-refractivity contribution in [2.45, 2.75) is 13.3 Å². The predicted octanol–water partition coefficient (Wildman–Crippen LogP) is 2.61. The van der Waals surface area contributed by atoms with Crippen molar-refractivity contribution in [3.8, 4) is 0 Å². The Hall–Kier alpha value is -2.03. The minimum absolute atomic E-state index is 0.350. The van der Waals surface area contributed by atoms with Crippen LogP contribution in [0.4, 0.5) is 0 Å². The maximum atomic E-state index is 10.9. The highest BCUT2D eigenvalue weighted by Gasteiger charge is 2.11. The smallest absolute Gasteiger partial charge is 0.337 e. The number of rotatable bonds is 3. The molecule has 0 saturated heterocycles. The number of benzene rings is 1. The molecule has 0 atom stereocenters. The fourth-order valence-corrected chi connectivity index (χ4v) is 1.75. The number of H-pyrrole nitrogens is 1. The standard InChI is InChI=1S/C13H13NO2/c1-9-4-2-3-5-10(9)8-12-11(13(15)16)6-7-14-12/h2-7,14H,8H2,1H3,(H,15,16). The molecule has 0 unspecified atom stereocenters. The van der Waals surface area contributed by atoms with Gasteiger partial charge in [-0.05, 0) is 24.1 Å². The summed E-state index contributed by atoms with van der Waals surface area (Å²) in [5, 5.41) is 8.98. The van der Waals surface area contributed by atoms with Crippen molar-refractivity contribution in [3.05, 3.63) is 58.9 Å². The fraction of sp³-hybridized carbons (Fsp3) is 0.154. The maximum Gasteiger partial charge on any atom is 0.337 e. The molecule has 2 aromatic rings. The van der Waals surface area contributed by atoms with Gasteiger partial charge in [-0.25, -0.2) is 4.79 Å². The van der Waals surface area contributed by atoms with Gasteiger partial charge in [0.25, 0.3) is 0 Å². The number of aromatic carboxylic acids is 1. The van der Waals surface area contributed by atoms with Crippen molar-refractivity contribution in [2.24, 2.45) is 0 Å². The van der Waals surface area contributed by atoms with Crippen molar-refractivity contribution < 1.29 is 9.90 Å². The topological polar surface area (TPSA) is 53.1 Å². The Morgan fingerprint density at radius 1 is 1.31 bits per heavy atom. The zero-order valence-electron chi connectivity index (χ0n) is 9.03. The monoisotopic (exact) mass is 215 g/mol. The van der Waals surface area contributed by atoms with Crippen LogP contribution in [0.3, 0.4) is 0 Å². The molecule has 0 spiro atoms. The van der Waals surface area contributed by atoms with Crippen LogP contribution < -0.4 is 0 Å². The van der Waals surface area contributed by atoms with Crippen LogP contribution in [0.5, 0.6) is 0 Å². The maximum absolute atomic E-state index is 10.9. The Labute approximate surface area is 93.7 Å². The SMILES string of the molecule is Cc1ccccc1Cc1[nH]ccc1C(=O)O. The van der Waals surface area contributed by atoms with Gasteiger partial charge >= 0.3 is 5.97 Å². The Balaban J connectivity index is 2.31. The van der Waals surface area contributed by atoms with E-state index in [0.29, 0.717) is 12.0 Å². The first kappa shape index (κ1) is 10.5. The second-order valence-corrected chi connectivity index (χ2v) is 3.78. The molecule has 3 heteroatoms. The van der Waals surface area contributed by atoms with Crippen LogP contribution in [0.1, 0.15) is 27.2 Å². The Morgan fingerprint density at radius 3 is 2.75 bits per heavy atom. The summed E-state index contributed by atoms with van der Waals surface area (Å²) in [6.45, 7) is 2.03. The molecule has 1 aromatic carbocycles. The highest BCUT2D eigenvalue weighted by molar-refractivity contribution is 5.89. The zero-order valence-corrected chi connectivity index (χ0v) is 9.03.